The molecule has 5 nitrogen and oxygen atoms in total. The van der Waals surface area contributed by atoms with Crippen LogP contribution in [-0.4, -0.2) is 22.0 Å². The molecule has 2 aliphatic carbocycles. The minimum absolute atomic E-state index is 0.0320. The van der Waals surface area contributed by atoms with Gasteiger partial charge in [0.25, 0.3) is 0 Å². The van der Waals surface area contributed by atoms with Gasteiger partial charge >= 0.3 is 4.87 Å². The Morgan fingerprint density at radius 1 is 0.941 bits per heavy atom. The SMILES string of the molecule is Cc1ccc([C@H]2c3sc(=O)[nH]c3S[C@@H]3[C@@H]4C[C@@H]([C@H]5C(=O)N(c6ccc(F)cc6)C(=O)[C@@H]45)[C@@H]23)cc1. The predicted octanol–water partition coefficient (Wildman–Crippen LogP) is 4.56. The molecule has 0 radical (unpaired) electrons. The summed E-state index contributed by atoms with van der Waals surface area (Å²) in [6.45, 7) is 2.05. The standard InChI is InChI=1S/C26H21FN2O3S2/c1-11-2-4-12(5-3-11)17-18-15-10-16(21(18)33-23-22(17)34-26(32)28-23)20-19(15)24(30)29(25(20)31)14-8-6-13(27)7-9-14/h2-9,15-21H,10H2,1H3,(H,28,32)/t15-,16-,17-,18+,19-,20+,21-/m1/s1. The van der Waals surface area contributed by atoms with Crippen LogP contribution in [0.4, 0.5) is 10.1 Å². The lowest BCUT2D eigenvalue weighted by atomic mass is 9.68. The summed E-state index contributed by atoms with van der Waals surface area (Å²) in [7, 11) is 0. The van der Waals surface area contributed by atoms with Crippen molar-refractivity contribution < 1.29 is 14.0 Å². The first-order valence-corrected chi connectivity index (χ1v) is 13.2. The summed E-state index contributed by atoms with van der Waals surface area (Å²) < 4.78 is 13.5. The molecule has 7 rings (SSSR count). The molecule has 1 N–H and O–H groups in total. The van der Waals surface area contributed by atoms with E-state index in [0.717, 1.165) is 21.9 Å². The Balaban J connectivity index is 1.32. The summed E-state index contributed by atoms with van der Waals surface area (Å²) in [4.78, 5) is 44.8. The summed E-state index contributed by atoms with van der Waals surface area (Å²) in [5, 5.41) is 1.08. The van der Waals surface area contributed by atoms with Gasteiger partial charge in [0.1, 0.15) is 5.82 Å². The van der Waals surface area contributed by atoms with Crippen LogP contribution in [0.3, 0.4) is 0 Å². The molecular weight excluding hydrogens is 471 g/mol. The largest absolute Gasteiger partial charge is 0.307 e. The van der Waals surface area contributed by atoms with E-state index in [-0.39, 0.29) is 57.4 Å². The van der Waals surface area contributed by atoms with Crippen LogP contribution in [0.15, 0.2) is 58.4 Å². The first kappa shape index (κ1) is 20.6. The van der Waals surface area contributed by atoms with Crippen molar-refractivity contribution in [2.24, 2.45) is 29.6 Å². The molecule has 3 aromatic rings. The number of hydrogen-bond acceptors (Lipinski definition) is 5. The molecule has 2 saturated carbocycles. The number of hydrogen-bond donors (Lipinski definition) is 1. The number of nitrogens with zero attached hydrogens (tertiary/aromatic N) is 1. The molecule has 2 aliphatic heterocycles. The van der Waals surface area contributed by atoms with Gasteiger partial charge in [-0.15, -0.1) is 11.8 Å². The van der Waals surface area contributed by atoms with Gasteiger partial charge in [0.05, 0.1) is 22.5 Å². The van der Waals surface area contributed by atoms with Crippen LogP contribution in [-0.2, 0) is 9.59 Å². The van der Waals surface area contributed by atoms with Crippen LogP contribution in [0.1, 0.15) is 28.3 Å². The zero-order chi connectivity index (χ0) is 23.3. The van der Waals surface area contributed by atoms with Gasteiger partial charge in [-0.1, -0.05) is 41.2 Å². The van der Waals surface area contributed by atoms with E-state index in [1.165, 1.54) is 46.1 Å². The van der Waals surface area contributed by atoms with Crippen LogP contribution >= 0.6 is 23.1 Å². The molecule has 3 heterocycles. The number of aromatic amines is 1. The van der Waals surface area contributed by atoms with Gasteiger partial charge in [-0.2, -0.15) is 0 Å². The number of anilines is 1. The number of imide groups is 1. The van der Waals surface area contributed by atoms with Crippen molar-refractivity contribution >= 4 is 40.6 Å². The van der Waals surface area contributed by atoms with E-state index in [9.17, 15) is 18.8 Å². The number of aryl methyl sites for hydroxylation is 1. The Morgan fingerprint density at radius 3 is 2.32 bits per heavy atom. The van der Waals surface area contributed by atoms with Gasteiger partial charge in [0, 0.05) is 16.0 Å². The quantitative estimate of drug-likeness (QED) is 0.533. The van der Waals surface area contributed by atoms with Crippen molar-refractivity contribution in [2.75, 3.05) is 4.90 Å². The second kappa shape index (κ2) is 7.15. The van der Waals surface area contributed by atoms with Gasteiger partial charge in [-0.05, 0) is 60.9 Å². The second-order valence-corrected chi connectivity index (χ2v) is 12.1. The Bertz CT molecular complexity index is 1400. The van der Waals surface area contributed by atoms with Crippen molar-refractivity contribution in [3.8, 4) is 0 Å². The van der Waals surface area contributed by atoms with Crippen LogP contribution in [0.5, 0.6) is 0 Å². The van der Waals surface area contributed by atoms with Crippen LogP contribution in [0.2, 0.25) is 0 Å². The molecule has 4 aliphatic rings. The number of thiazole rings is 1. The number of thioether (sulfide) groups is 1. The number of aromatic nitrogens is 1. The monoisotopic (exact) mass is 492 g/mol. The van der Waals surface area contributed by atoms with Gasteiger partial charge in [-0.3, -0.25) is 19.3 Å². The molecule has 7 atom stereocenters. The Hall–Kier alpha value is -2.71. The topological polar surface area (TPSA) is 70.2 Å². The fourth-order valence-corrected chi connectivity index (χ4v) is 9.90. The molecule has 0 spiro atoms. The third-order valence-corrected chi connectivity index (χ3v) is 10.8. The molecule has 172 valence electrons. The lowest BCUT2D eigenvalue weighted by molar-refractivity contribution is -0.123. The van der Waals surface area contributed by atoms with Crippen LogP contribution in [0, 0.1) is 42.3 Å². The lowest BCUT2D eigenvalue weighted by Crippen LogP contribution is -2.42. The Labute approximate surface area is 203 Å². The predicted molar refractivity (Wildman–Crippen MR) is 129 cm³/mol. The zero-order valence-electron chi connectivity index (χ0n) is 18.2. The summed E-state index contributed by atoms with van der Waals surface area (Å²) in [6, 6.07) is 14.1. The van der Waals surface area contributed by atoms with Crippen molar-refractivity contribution in [3.05, 3.63) is 80.0 Å². The number of fused-ring (bicyclic) bond motifs is 9. The van der Waals surface area contributed by atoms with E-state index in [2.05, 4.69) is 36.2 Å². The Morgan fingerprint density at radius 2 is 1.62 bits per heavy atom. The highest BCUT2D eigenvalue weighted by Gasteiger charge is 2.69. The van der Waals surface area contributed by atoms with E-state index in [0.29, 0.717) is 5.69 Å². The molecule has 2 bridgehead atoms. The van der Waals surface area contributed by atoms with E-state index in [4.69, 9.17) is 0 Å². The molecule has 1 aromatic heterocycles. The average molecular weight is 493 g/mol. The van der Waals surface area contributed by atoms with Crippen LogP contribution in [0.25, 0.3) is 0 Å². The molecule has 8 heteroatoms. The molecule has 3 fully saturated rings. The second-order valence-electron chi connectivity index (χ2n) is 9.86. The Kier molecular flexibility index (Phi) is 4.34. The van der Waals surface area contributed by atoms with E-state index in [1.807, 2.05) is 0 Å². The highest BCUT2D eigenvalue weighted by atomic mass is 32.2. The molecule has 2 aromatic carbocycles. The third kappa shape index (κ3) is 2.69. The van der Waals surface area contributed by atoms with E-state index >= 15 is 0 Å². The fraction of sp³-hybridized carbons (Fsp3) is 0.346. The zero-order valence-corrected chi connectivity index (χ0v) is 19.9. The number of H-pyrrole nitrogens is 1. The lowest BCUT2D eigenvalue weighted by Gasteiger charge is -2.43. The highest BCUT2D eigenvalue weighted by molar-refractivity contribution is 8.00. The highest BCUT2D eigenvalue weighted by Crippen LogP contribution is 2.68. The minimum Gasteiger partial charge on any atom is -0.307 e. The van der Waals surface area contributed by atoms with Gasteiger partial charge in [0.15, 0.2) is 0 Å². The summed E-state index contributed by atoms with van der Waals surface area (Å²) >= 11 is 2.96. The van der Waals surface area contributed by atoms with Gasteiger partial charge in [0.2, 0.25) is 11.8 Å². The number of carbonyl (C=O) groups is 2. The molecule has 1 saturated heterocycles. The van der Waals surface area contributed by atoms with Crippen molar-refractivity contribution in [3.63, 3.8) is 0 Å². The molecule has 2 amide bonds. The number of halogens is 1. The van der Waals surface area contributed by atoms with Crippen molar-refractivity contribution in [1.29, 1.82) is 0 Å². The number of rotatable bonds is 2. The fourth-order valence-electron chi connectivity index (χ4n) is 7.01. The minimum atomic E-state index is -0.397. The van der Waals surface area contributed by atoms with Crippen molar-refractivity contribution in [2.45, 2.75) is 29.5 Å². The number of carbonyl (C=O) groups excluding carboxylic acids is 2. The molecule has 0 unspecified atom stereocenters. The number of nitrogens with one attached hydrogen (secondary N) is 1. The van der Waals surface area contributed by atoms with E-state index in [1.54, 1.807) is 11.8 Å². The van der Waals surface area contributed by atoms with E-state index < -0.39 is 5.82 Å². The van der Waals surface area contributed by atoms with Gasteiger partial charge < -0.3 is 4.98 Å². The summed E-state index contributed by atoms with van der Waals surface area (Å²) in [5.41, 5.74) is 2.78. The van der Waals surface area contributed by atoms with Gasteiger partial charge in [-0.25, -0.2) is 4.39 Å². The molecular formula is C26H21FN2O3S2. The van der Waals surface area contributed by atoms with Crippen molar-refractivity contribution in [1.82, 2.24) is 4.98 Å². The average Bonchev–Trinajstić information content (AvgIpc) is 3.54. The normalized spacial score (nSPS) is 33.2. The maximum atomic E-state index is 13.6. The maximum Gasteiger partial charge on any atom is 0.305 e. The number of amides is 2. The third-order valence-electron chi connectivity index (χ3n) is 8.25. The number of benzene rings is 2. The van der Waals surface area contributed by atoms with Crippen LogP contribution < -0.4 is 9.77 Å². The summed E-state index contributed by atoms with van der Waals surface area (Å²) in [6.07, 6.45) is 0.855. The summed E-state index contributed by atoms with van der Waals surface area (Å²) in [5.74, 6) is -1.05. The maximum absolute atomic E-state index is 13.6. The first-order chi connectivity index (χ1) is 16.4. The molecule has 34 heavy (non-hydrogen) atoms. The first-order valence-electron chi connectivity index (χ1n) is 11.5. The smallest absolute Gasteiger partial charge is 0.305 e.